The summed E-state index contributed by atoms with van der Waals surface area (Å²) in [5.41, 5.74) is 2.02. The average molecular weight is 341 g/mol. The van der Waals surface area contributed by atoms with Crippen molar-refractivity contribution in [1.82, 2.24) is 25.1 Å². The maximum atomic E-state index is 12.6. The molecular formula is C18H23N5O2. The van der Waals surface area contributed by atoms with Crippen LogP contribution in [0.25, 0.3) is 11.0 Å². The van der Waals surface area contributed by atoms with Gasteiger partial charge in [0.25, 0.3) is 0 Å². The number of likely N-dealkylation sites (N-methyl/N-ethyl adjacent to an activating group) is 1. The number of amides is 3. The zero-order valence-electron chi connectivity index (χ0n) is 14.4. The van der Waals surface area contributed by atoms with Gasteiger partial charge in [0.05, 0.1) is 12.0 Å². The van der Waals surface area contributed by atoms with Crippen LogP contribution in [0, 0.1) is 5.92 Å². The molecule has 0 aliphatic carbocycles. The second kappa shape index (κ2) is 6.38. The molecule has 0 unspecified atom stereocenters. The summed E-state index contributed by atoms with van der Waals surface area (Å²) in [7, 11) is 1.82. The largest absolute Gasteiger partial charge is 0.346 e. The Morgan fingerprint density at radius 1 is 1.48 bits per heavy atom. The fraction of sp³-hybridized carbons (Fsp3) is 0.500. The van der Waals surface area contributed by atoms with Gasteiger partial charge in [-0.05, 0) is 37.0 Å². The van der Waals surface area contributed by atoms with Crippen LogP contribution in [0.3, 0.4) is 0 Å². The molecule has 25 heavy (non-hydrogen) atoms. The van der Waals surface area contributed by atoms with Crippen molar-refractivity contribution in [2.45, 2.75) is 25.3 Å². The number of aromatic amines is 1. The first-order valence-electron chi connectivity index (χ1n) is 8.85. The number of H-pyrrole nitrogens is 1. The van der Waals surface area contributed by atoms with E-state index in [-0.39, 0.29) is 23.9 Å². The molecule has 0 bridgehead atoms. The highest BCUT2D eigenvalue weighted by Crippen LogP contribution is 2.30. The Bertz CT molecular complexity index is 802. The minimum atomic E-state index is -0.0595. The van der Waals surface area contributed by atoms with E-state index in [9.17, 15) is 9.59 Å². The number of pyridine rings is 1. The molecule has 0 spiro atoms. The minimum Gasteiger partial charge on any atom is -0.346 e. The van der Waals surface area contributed by atoms with E-state index in [2.05, 4.69) is 15.3 Å². The van der Waals surface area contributed by atoms with Crippen molar-refractivity contribution < 1.29 is 9.59 Å². The highest BCUT2D eigenvalue weighted by atomic mass is 16.2. The van der Waals surface area contributed by atoms with Gasteiger partial charge < -0.3 is 20.1 Å². The summed E-state index contributed by atoms with van der Waals surface area (Å²) >= 11 is 0. The Hall–Kier alpha value is -2.57. The van der Waals surface area contributed by atoms with E-state index in [4.69, 9.17) is 0 Å². The summed E-state index contributed by atoms with van der Waals surface area (Å²) in [5.74, 6) is 0.151. The number of rotatable bonds is 3. The van der Waals surface area contributed by atoms with Crippen LogP contribution in [0.15, 0.2) is 24.5 Å². The van der Waals surface area contributed by atoms with Gasteiger partial charge >= 0.3 is 6.03 Å². The molecule has 2 saturated heterocycles. The lowest BCUT2D eigenvalue weighted by atomic mass is 9.92. The Kier molecular flexibility index (Phi) is 4.07. The van der Waals surface area contributed by atoms with Crippen LogP contribution >= 0.6 is 0 Å². The van der Waals surface area contributed by atoms with Crippen LogP contribution in [-0.4, -0.2) is 64.4 Å². The molecule has 4 heterocycles. The van der Waals surface area contributed by atoms with E-state index in [0.717, 1.165) is 42.4 Å². The number of hydrogen-bond acceptors (Lipinski definition) is 3. The van der Waals surface area contributed by atoms with Crippen LogP contribution in [0.2, 0.25) is 0 Å². The van der Waals surface area contributed by atoms with Gasteiger partial charge in [0.15, 0.2) is 0 Å². The van der Waals surface area contributed by atoms with Crippen molar-refractivity contribution in [1.29, 1.82) is 0 Å². The number of nitrogens with one attached hydrogen (secondary N) is 2. The molecule has 2 N–H and O–H groups in total. The molecule has 2 aromatic heterocycles. The number of aromatic nitrogens is 2. The second-order valence-corrected chi connectivity index (χ2v) is 6.92. The number of likely N-dealkylation sites (tertiary alicyclic amines) is 2. The Balaban J connectivity index is 1.37. The van der Waals surface area contributed by atoms with E-state index >= 15 is 0 Å². The molecule has 2 fully saturated rings. The van der Waals surface area contributed by atoms with Crippen LogP contribution in [0.4, 0.5) is 4.79 Å². The number of piperidine rings is 1. The Labute approximate surface area is 146 Å². The molecule has 0 aromatic carbocycles. The molecule has 3 amide bonds. The lowest BCUT2D eigenvalue weighted by Crippen LogP contribution is -2.52. The molecule has 2 aromatic rings. The first-order chi connectivity index (χ1) is 12.1. The zero-order chi connectivity index (χ0) is 17.4. The van der Waals surface area contributed by atoms with E-state index < -0.39 is 0 Å². The van der Waals surface area contributed by atoms with Crippen LogP contribution in [0.5, 0.6) is 0 Å². The van der Waals surface area contributed by atoms with Crippen LogP contribution in [-0.2, 0) is 11.2 Å². The maximum absolute atomic E-state index is 12.6. The Morgan fingerprint density at radius 3 is 3.24 bits per heavy atom. The smallest absolute Gasteiger partial charge is 0.317 e. The summed E-state index contributed by atoms with van der Waals surface area (Å²) in [6.45, 7) is 1.94. The molecule has 0 saturated carbocycles. The molecule has 132 valence electrons. The molecule has 0 radical (unpaired) electrons. The van der Waals surface area contributed by atoms with Gasteiger partial charge in [-0.1, -0.05) is 0 Å². The molecule has 2 atom stereocenters. The number of hydrogen-bond donors (Lipinski definition) is 2. The fourth-order valence-electron chi connectivity index (χ4n) is 4.10. The van der Waals surface area contributed by atoms with Gasteiger partial charge in [0.2, 0.25) is 5.91 Å². The van der Waals surface area contributed by atoms with E-state index in [1.165, 1.54) is 0 Å². The SMILES string of the molecule is CN1C[C@@H]2[C@@H](CCCN2C(=O)NCCc2c[nH]c3ncccc23)C1=O. The summed E-state index contributed by atoms with van der Waals surface area (Å²) in [4.78, 5) is 35.8. The third-order valence-corrected chi connectivity index (χ3v) is 5.40. The quantitative estimate of drug-likeness (QED) is 0.885. The number of carbonyl (C=O) groups is 2. The average Bonchev–Trinajstić information content (AvgIpc) is 3.16. The normalized spacial score (nSPS) is 23.2. The third-order valence-electron chi connectivity index (χ3n) is 5.40. The standard InChI is InChI=1S/C18H23N5O2/c1-22-11-15-14(17(22)24)5-3-9-23(15)18(25)20-8-6-12-10-21-16-13(12)4-2-7-19-16/h2,4,7,10,14-15H,3,5-6,8-9,11H2,1H3,(H,19,21)(H,20,25)/t14-,15-/m1/s1. The lowest BCUT2D eigenvalue weighted by molar-refractivity contribution is -0.130. The number of nitrogens with zero attached hydrogens (tertiary/aromatic N) is 3. The van der Waals surface area contributed by atoms with Gasteiger partial charge in [-0.3, -0.25) is 4.79 Å². The number of urea groups is 1. The molecular weight excluding hydrogens is 318 g/mol. The zero-order valence-corrected chi connectivity index (χ0v) is 14.4. The number of fused-ring (bicyclic) bond motifs is 2. The van der Waals surface area contributed by atoms with Crippen molar-refractivity contribution in [2.75, 3.05) is 26.7 Å². The summed E-state index contributed by atoms with van der Waals surface area (Å²) in [5, 5.41) is 4.12. The molecule has 7 nitrogen and oxygen atoms in total. The topological polar surface area (TPSA) is 81.3 Å². The second-order valence-electron chi connectivity index (χ2n) is 6.92. The maximum Gasteiger partial charge on any atom is 0.317 e. The van der Waals surface area contributed by atoms with Crippen molar-refractivity contribution in [2.24, 2.45) is 5.92 Å². The van der Waals surface area contributed by atoms with Gasteiger partial charge in [-0.2, -0.15) is 0 Å². The van der Waals surface area contributed by atoms with Crippen molar-refractivity contribution >= 4 is 23.0 Å². The Morgan fingerprint density at radius 2 is 2.36 bits per heavy atom. The van der Waals surface area contributed by atoms with Crippen molar-refractivity contribution in [3.8, 4) is 0 Å². The van der Waals surface area contributed by atoms with Crippen LogP contribution in [0.1, 0.15) is 18.4 Å². The van der Waals surface area contributed by atoms with E-state index in [0.29, 0.717) is 13.1 Å². The highest BCUT2D eigenvalue weighted by molar-refractivity contribution is 5.84. The molecule has 7 heteroatoms. The van der Waals surface area contributed by atoms with Gasteiger partial charge in [0.1, 0.15) is 5.65 Å². The van der Waals surface area contributed by atoms with Gasteiger partial charge in [-0.15, -0.1) is 0 Å². The summed E-state index contributed by atoms with van der Waals surface area (Å²) in [6, 6.07) is 3.91. The predicted molar refractivity (Wildman–Crippen MR) is 94.1 cm³/mol. The van der Waals surface area contributed by atoms with Gasteiger partial charge in [0, 0.05) is 44.5 Å². The van der Waals surface area contributed by atoms with Crippen LogP contribution < -0.4 is 5.32 Å². The monoisotopic (exact) mass is 341 g/mol. The molecule has 4 rings (SSSR count). The number of carbonyl (C=O) groups excluding carboxylic acids is 2. The third kappa shape index (κ3) is 2.83. The van der Waals surface area contributed by atoms with Crippen molar-refractivity contribution in [3.05, 3.63) is 30.1 Å². The predicted octanol–water partition coefficient (Wildman–Crippen LogP) is 1.37. The van der Waals surface area contributed by atoms with E-state index in [1.807, 2.05) is 30.3 Å². The first kappa shape index (κ1) is 15.9. The molecule has 2 aliphatic rings. The van der Waals surface area contributed by atoms with Gasteiger partial charge in [-0.25, -0.2) is 9.78 Å². The fourth-order valence-corrected chi connectivity index (χ4v) is 4.10. The summed E-state index contributed by atoms with van der Waals surface area (Å²) < 4.78 is 0. The van der Waals surface area contributed by atoms with E-state index in [1.54, 1.807) is 11.1 Å². The minimum absolute atomic E-state index is 0.0172. The first-order valence-corrected chi connectivity index (χ1v) is 8.85. The van der Waals surface area contributed by atoms with Crippen molar-refractivity contribution in [3.63, 3.8) is 0 Å². The summed E-state index contributed by atoms with van der Waals surface area (Å²) in [6.07, 6.45) is 6.24. The highest BCUT2D eigenvalue weighted by Gasteiger charge is 2.45. The lowest BCUT2D eigenvalue weighted by Gasteiger charge is -2.35. The molecule has 2 aliphatic heterocycles.